The fourth-order valence-electron chi connectivity index (χ4n) is 2.05. The molecule has 2 rings (SSSR count). The van der Waals surface area contributed by atoms with Crippen LogP contribution in [0.15, 0.2) is 12.1 Å². The Morgan fingerprint density at radius 1 is 1.52 bits per heavy atom. The summed E-state index contributed by atoms with van der Waals surface area (Å²) >= 11 is 9.58. The number of ether oxygens (including phenoxy) is 1. The highest BCUT2D eigenvalue weighted by Gasteiger charge is 2.43. The van der Waals surface area contributed by atoms with Crippen molar-refractivity contribution < 1.29 is 19.4 Å². The number of benzene rings is 1. The molecule has 1 aromatic carbocycles. The average molecular weight is 442 g/mol. The van der Waals surface area contributed by atoms with Gasteiger partial charge in [0.25, 0.3) is 5.91 Å². The Balaban J connectivity index is 2.32. The SMILES string of the molecule is COc1cc(I)c(Cl)cc1C(=O)NC1(C(=O)O)CCSC1. The second-order valence-corrected chi connectivity index (χ2v) is 7.29. The zero-order valence-corrected chi connectivity index (χ0v) is 14.8. The highest BCUT2D eigenvalue weighted by molar-refractivity contribution is 14.1. The van der Waals surface area contributed by atoms with Gasteiger partial charge in [-0.15, -0.1) is 0 Å². The van der Waals surface area contributed by atoms with E-state index in [1.165, 1.54) is 24.9 Å². The van der Waals surface area contributed by atoms with Gasteiger partial charge in [-0.1, -0.05) is 11.6 Å². The van der Waals surface area contributed by atoms with Gasteiger partial charge in [-0.2, -0.15) is 11.8 Å². The highest BCUT2D eigenvalue weighted by Crippen LogP contribution is 2.31. The zero-order valence-electron chi connectivity index (χ0n) is 11.1. The number of hydrogen-bond donors (Lipinski definition) is 2. The molecule has 0 spiro atoms. The molecule has 1 heterocycles. The number of amides is 1. The molecule has 0 aliphatic carbocycles. The van der Waals surface area contributed by atoms with Gasteiger partial charge < -0.3 is 15.2 Å². The summed E-state index contributed by atoms with van der Waals surface area (Å²) in [6.45, 7) is 0. The quantitative estimate of drug-likeness (QED) is 0.703. The zero-order chi connectivity index (χ0) is 15.6. The largest absolute Gasteiger partial charge is 0.496 e. The van der Waals surface area contributed by atoms with Gasteiger partial charge in [-0.25, -0.2) is 4.79 Å². The standard InChI is InChI=1S/C13H13ClINO4S/c1-20-10-5-9(15)8(14)4-7(10)11(17)16-13(12(18)19)2-3-21-6-13/h4-5H,2-3,6H2,1H3,(H,16,17)(H,18,19). The maximum atomic E-state index is 12.4. The molecular formula is C13H13ClINO4S. The van der Waals surface area contributed by atoms with E-state index in [0.29, 0.717) is 28.7 Å². The molecule has 0 aromatic heterocycles. The van der Waals surface area contributed by atoms with Crippen LogP contribution in [0.1, 0.15) is 16.8 Å². The maximum absolute atomic E-state index is 12.4. The predicted octanol–water partition coefficient (Wildman–Crippen LogP) is 2.64. The van der Waals surface area contributed by atoms with Crippen molar-refractivity contribution in [3.8, 4) is 5.75 Å². The monoisotopic (exact) mass is 441 g/mol. The second-order valence-electron chi connectivity index (χ2n) is 4.61. The van der Waals surface area contributed by atoms with Gasteiger partial charge in [0, 0.05) is 9.32 Å². The van der Waals surface area contributed by atoms with E-state index >= 15 is 0 Å². The molecule has 5 nitrogen and oxygen atoms in total. The first-order valence-electron chi connectivity index (χ1n) is 6.06. The van der Waals surface area contributed by atoms with Crippen LogP contribution in [-0.2, 0) is 4.79 Å². The fourth-order valence-corrected chi connectivity index (χ4v) is 3.97. The van der Waals surface area contributed by atoms with Crippen LogP contribution in [0.25, 0.3) is 0 Å². The van der Waals surface area contributed by atoms with Crippen molar-refractivity contribution in [3.63, 3.8) is 0 Å². The number of halogens is 2. The van der Waals surface area contributed by atoms with Crippen LogP contribution >= 0.6 is 46.0 Å². The first-order valence-corrected chi connectivity index (χ1v) is 8.67. The Morgan fingerprint density at radius 3 is 2.76 bits per heavy atom. The molecule has 8 heteroatoms. The van der Waals surface area contributed by atoms with Gasteiger partial charge in [0.05, 0.1) is 17.7 Å². The van der Waals surface area contributed by atoms with Crippen LogP contribution < -0.4 is 10.1 Å². The summed E-state index contributed by atoms with van der Waals surface area (Å²) in [7, 11) is 1.45. The van der Waals surface area contributed by atoms with Crippen molar-refractivity contribution in [1.82, 2.24) is 5.32 Å². The molecule has 1 amide bonds. The fraction of sp³-hybridized carbons (Fsp3) is 0.385. The molecule has 1 aliphatic heterocycles. The van der Waals surface area contributed by atoms with Crippen molar-refractivity contribution in [3.05, 3.63) is 26.3 Å². The molecule has 0 radical (unpaired) electrons. The number of carbonyl (C=O) groups excluding carboxylic acids is 1. The minimum Gasteiger partial charge on any atom is -0.496 e. The molecule has 1 unspecified atom stereocenters. The van der Waals surface area contributed by atoms with E-state index in [-0.39, 0.29) is 5.56 Å². The summed E-state index contributed by atoms with van der Waals surface area (Å²) in [4.78, 5) is 23.9. The highest BCUT2D eigenvalue weighted by atomic mass is 127. The van der Waals surface area contributed by atoms with Crippen LogP contribution in [0.4, 0.5) is 0 Å². The smallest absolute Gasteiger partial charge is 0.330 e. The number of thioether (sulfide) groups is 1. The molecule has 2 N–H and O–H groups in total. The first kappa shape index (κ1) is 16.7. The van der Waals surface area contributed by atoms with E-state index in [0.717, 1.165) is 3.57 Å². The molecule has 1 aromatic rings. The van der Waals surface area contributed by atoms with Crippen LogP contribution in [-0.4, -0.2) is 41.1 Å². The van der Waals surface area contributed by atoms with E-state index in [2.05, 4.69) is 5.32 Å². The lowest BCUT2D eigenvalue weighted by molar-refractivity contribution is -0.143. The normalized spacial score (nSPS) is 21.1. The van der Waals surface area contributed by atoms with Crippen molar-refractivity contribution in [2.75, 3.05) is 18.6 Å². The van der Waals surface area contributed by atoms with Crippen LogP contribution in [0.2, 0.25) is 5.02 Å². The lowest BCUT2D eigenvalue weighted by Crippen LogP contribution is -2.54. The molecule has 0 bridgehead atoms. The Morgan fingerprint density at radius 2 is 2.24 bits per heavy atom. The lowest BCUT2D eigenvalue weighted by Gasteiger charge is -2.25. The molecule has 0 saturated carbocycles. The third-order valence-electron chi connectivity index (χ3n) is 3.27. The minimum atomic E-state index is -1.22. The van der Waals surface area contributed by atoms with E-state index in [1.54, 1.807) is 6.07 Å². The van der Waals surface area contributed by atoms with Gasteiger partial charge in [0.1, 0.15) is 11.3 Å². The van der Waals surface area contributed by atoms with E-state index in [1.807, 2.05) is 22.6 Å². The third kappa shape index (κ3) is 3.40. The third-order valence-corrected chi connectivity index (χ3v) is 5.98. The minimum absolute atomic E-state index is 0.237. The Hall–Kier alpha value is -0.670. The Kier molecular flexibility index (Phi) is 5.26. The van der Waals surface area contributed by atoms with Crippen LogP contribution in [0.3, 0.4) is 0 Å². The lowest BCUT2D eigenvalue weighted by atomic mass is 9.98. The summed E-state index contributed by atoms with van der Waals surface area (Å²) < 4.78 is 5.94. The summed E-state index contributed by atoms with van der Waals surface area (Å²) in [6, 6.07) is 3.14. The van der Waals surface area contributed by atoms with E-state index in [9.17, 15) is 14.7 Å². The molecule has 21 heavy (non-hydrogen) atoms. The summed E-state index contributed by atoms with van der Waals surface area (Å²) in [5.41, 5.74) is -0.983. The Bertz CT molecular complexity index is 590. The average Bonchev–Trinajstić information content (AvgIpc) is 2.91. The number of carboxylic acid groups (broad SMARTS) is 1. The first-order chi connectivity index (χ1) is 9.89. The number of nitrogens with one attached hydrogen (secondary N) is 1. The number of carboxylic acids is 1. The van der Waals surface area contributed by atoms with Crippen LogP contribution in [0.5, 0.6) is 5.75 Å². The molecule has 1 atom stereocenters. The van der Waals surface area contributed by atoms with Gasteiger partial charge in [-0.3, -0.25) is 4.79 Å². The predicted molar refractivity (Wildman–Crippen MR) is 90.5 cm³/mol. The maximum Gasteiger partial charge on any atom is 0.330 e. The van der Waals surface area contributed by atoms with Crippen molar-refractivity contribution in [1.29, 1.82) is 0 Å². The molecule has 1 fully saturated rings. The van der Waals surface area contributed by atoms with Crippen molar-refractivity contribution >= 4 is 57.8 Å². The molecule has 114 valence electrons. The number of aliphatic carboxylic acids is 1. The summed E-state index contributed by atoms with van der Waals surface area (Å²) in [5, 5.41) is 12.5. The van der Waals surface area contributed by atoms with Gasteiger partial charge in [0.2, 0.25) is 0 Å². The second kappa shape index (κ2) is 6.62. The number of hydrogen-bond acceptors (Lipinski definition) is 4. The van der Waals surface area contributed by atoms with Gasteiger partial charge in [-0.05, 0) is 46.9 Å². The van der Waals surface area contributed by atoms with E-state index < -0.39 is 17.4 Å². The van der Waals surface area contributed by atoms with Gasteiger partial charge >= 0.3 is 5.97 Å². The molecule has 1 aliphatic rings. The number of rotatable bonds is 4. The van der Waals surface area contributed by atoms with Crippen molar-refractivity contribution in [2.24, 2.45) is 0 Å². The number of carbonyl (C=O) groups is 2. The molecule has 1 saturated heterocycles. The summed E-state index contributed by atoms with van der Waals surface area (Å²) in [5.74, 6) is -0.0787. The summed E-state index contributed by atoms with van der Waals surface area (Å²) in [6.07, 6.45) is 0.402. The topological polar surface area (TPSA) is 75.6 Å². The number of methoxy groups -OCH3 is 1. The van der Waals surface area contributed by atoms with Crippen molar-refractivity contribution in [2.45, 2.75) is 12.0 Å². The van der Waals surface area contributed by atoms with Gasteiger partial charge in [0.15, 0.2) is 0 Å². The van der Waals surface area contributed by atoms with Crippen LogP contribution in [0, 0.1) is 3.57 Å². The van der Waals surface area contributed by atoms with E-state index in [4.69, 9.17) is 16.3 Å². The Labute approximate surface area is 144 Å². The molecular weight excluding hydrogens is 429 g/mol.